The number of nitrogens with one attached hydrogen (secondary N) is 2. The van der Waals surface area contributed by atoms with E-state index in [1.165, 1.54) is 4.90 Å². The molecule has 2 rings (SSSR count). The van der Waals surface area contributed by atoms with Crippen LogP contribution in [0.3, 0.4) is 0 Å². The van der Waals surface area contributed by atoms with Crippen molar-refractivity contribution >= 4 is 17.8 Å². The van der Waals surface area contributed by atoms with Gasteiger partial charge in [-0.15, -0.1) is 0 Å². The molecule has 2 N–H and O–H groups in total. The van der Waals surface area contributed by atoms with Gasteiger partial charge >= 0.3 is 6.03 Å². The van der Waals surface area contributed by atoms with Crippen LogP contribution in [0.1, 0.15) is 58.8 Å². The summed E-state index contributed by atoms with van der Waals surface area (Å²) in [5.74, 6) is -0.310. The van der Waals surface area contributed by atoms with Crippen molar-refractivity contribution in [1.82, 2.24) is 15.5 Å². The molecule has 1 heterocycles. The van der Waals surface area contributed by atoms with E-state index in [-0.39, 0.29) is 36.9 Å². The molecule has 136 valence electrons. The molecule has 1 saturated carbocycles. The summed E-state index contributed by atoms with van der Waals surface area (Å²) in [5, 5.41) is 5.64. The number of rotatable bonds is 8. The molecule has 0 atom stereocenters. The first-order valence-electron chi connectivity index (χ1n) is 8.97. The van der Waals surface area contributed by atoms with Gasteiger partial charge in [-0.05, 0) is 33.1 Å². The van der Waals surface area contributed by atoms with E-state index in [4.69, 9.17) is 4.74 Å². The van der Waals surface area contributed by atoms with E-state index in [1.807, 2.05) is 13.8 Å². The van der Waals surface area contributed by atoms with E-state index in [2.05, 4.69) is 10.6 Å². The van der Waals surface area contributed by atoms with E-state index in [0.717, 1.165) is 25.7 Å². The summed E-state index contributed by atoms with van der Waals surface area (Å²) in [7, 11) is 0. The molecule has 1 saturated heterocycles. The third-order valence-electron chi connectivity index (χ3n) is 4.61. The maximum atomic E-state index is 12.6. The van der Waals surface area contributed by atoms with Gasteiger partial charge in [0.1, 0.15) is 5.54 Å². The number of amides is 4. The number of ether oxygens (including phenoxy) is 1. The van der Waals surface area contributed by atoms with Crippen molar-refractivity contribution in [3.8, 4) is 0 Å². The monoisotopic (exact) mass is 339 g/mol. The molecule has 24 heavy (non-hydrogen) atoms. The van der Waals surface area contributed by atoms with Crippen LogP contribution in [0, 0.1) is 0 Å². The van der Waals surface area contributed by atoms with Crippen LogP contribution in [0.25, 0.3) is 0 Å². The lowest BCUT2D eigenvalue weighted by Crippen LogP contribution is -2.48. The first-order chi connectivity index (χ1) is 11.4. The molecule has 0 unspecified atom stereocenters. The quantitative estimate of drug-likeness (QED) is 0.519. The van der Waals surface area contributed by atoms with Gasteiger partial charge in [-0.1, -0.05) is 19.3 Å². The molecule has 0 aromatic heterocycles. The lowest BCUT2D eigenvalue weighted by molar-refractivity contribution is -0.132. The van der Waals surface area contributed by atoms with Gasteiger partial charge in [-0.3, -0.25) is 14.5 Å². The molecular formula is C17H29N3O4. The summed E-state index contributed by atoms with van der Waals surface area (Å²) < 4.78 is 5.40. The number of carbonyl (C=O) groups excluding carboxylic acids is 3. The number of nitrogens with zero attached hydrogens (tertiary/aromatic N) is 1. The van der Waals surface area contributed by atoms with E-state index >= 15 is 0 Å². The number of carbonyl (C=O) groups is 3. The minimum atomic E-state index is -0.708. The first-order valence-corrected chi connectivity index (χ1v) is 8.97. The van der Waals surface area contributed by atoms with Gasteiger partial charge in [0.05, 0.1) is 6.10 Å². The summed E-state index contributed by atoms with van der Waals surface area (Å²) in [5.41, 5.74) is -0.708. The van der Waals surface area contributed by atoms with Crippen molar-refractivity contribution in [2.45, 2.75) is 70.4 Å². The lowest BCUT2D eigenvalue weighted by Gasteiger charge is -2.30. The van der Waals surface area contributed by atoms with Gasteiger partial charge in [0.25, 0.3) is 5.91 Å². The Hall–Kier alpha value is -1.63. The Bertz CT molecular complexity index is 472. The minimum absolute atomic E-state index is 0.139. The van der Waals surface area contributed by atoms with E-state index in [0.29, 0.717) is 26.0 Å². The number of imide groups is 1. The molecule has 0 aromatic carbocycles. The Labute approximate surface area is 143 Å². The molecule has 4 amide bonds. The highest BCUT2D eigenvalue weighted by atomic mass is 16.5. The zero-order valence-corrected chi connectivity index (χ0v) is 14.7. The van der Waals surface area contributed by atoms with Gasteiger partial charge < -0.3 is 15.4 Å². The molecule has 7 heteroatoms. The lowest BCUT2D eigenvalue weighted by atomic mass is 9.82. The van der Waals surface area contributed by atoms with E-state index in [1.54, 1.807) is 0 Å². The van der Waals surface area contributed by atoms with Crippen molar-refractivity contribution in [2.75, 3.05) is 19.7 Å². The zero-order valence-electron chi connectivity index (χ0n) is 14.7. The fraction of sp³-hybridized carbons (Fsp3) is 0.824. The average molecular weight is 339 g/mol. The molecular weight excluding hydrogens is 310 g/mol. The molecule has 1 spiro atoms. The average Bonchev–Trinajstić information content (AvgIpc) is 2.76. The van der Waals surface area contributed by atoms with Crippen LogP contribution >= 0.6 is 0 Å². The van der Waals surface area contributed by atoms with Crippen molar-refractivity contribution in [2.24, 2.45) is 0 Å². The number of urea groups is 1. The van der Waals surface area contributed by atoms with Crippen LogP contribution in [-0.2, 0) is 14.3 Å². The molecule has 0 radical (unpaired) electrons. The predicted molar refractivity (Wildman–Crippen MR) is 89.4 cm³/mol. The summed E-state index contributed by atoms with van der Waals surface area (Å²) in [6.45, 7) is 5.22. The van der Waals surface area contributed by atoms with Gasteiger partial charge in [-0.2, -0.15) is 0 Å². The highest BCUT2D eigenvalue weighted by Gasteiger charge is 2.50. The Morgan fingerprint density at radius 1 is 1.29 bits per heavy atom. The maximum Gasteiger partial charge on any atom is 0.325 e. The maximum absolute atomic E-state index is 12.6. The SMILES string of the molecule is CC(C)OCCCNC(=O)CCN1C(=O)NC2(CCCCC2)C1=O. The fourth-order valence-corrected chi connectivity index (χ4v) is 3.29. The van der Waals surface area contributed by atoms with Crippen LogP contribution in [0.5, 0.6) is 0 Å². The Morgan fingerprint density at radius 2 is 2.00 bits per heavy atom. The summed E-state index contributed by atoms with van der Waals surface area (Å²) in [6.07, 6.45) is 5.50. The van der Waals surface area contributed by atoms with Crippen LogP contribution in [0.4, 0.5) is 4.79 Å². The number of hydrogen-bond acceptors (Lipinski definition) is 4. The largest absolute Gasteiger partial charge is 0.379 e. The molecule has 2 aliphatic rings. The topological polar surface area (TPSA) is 87.7 Å². The van der Waals surface area contributed by atoms with Crippen LogP contribution in [-0.4, -0.2) is 54.1 Å². The second-order valence-corrected chi connectivity index (χ2v) is 6.90. The Morgan fingerprint density at radius 3 is 2.67 bits per heavy atom. The zero-order chi connectivity index (χ0) is 17.6. The summed E-state index contributed by atoms with van der Waals surface area (Å²) in [4.78, 5) is 37.7. The van der Waals surface area contributed by atoms with Crippen LogP contribution in [0.2, 0.25) is 0 Å². The van der Waals surface area contributed by atoms with Crippen molar-refractivity contribution in [1.29, 1.82) is 0 Å². The van der Waals surface area contributed by atoms with Gasteiger partial charge in [-0.25, -0.2) is 4.79 Å². The second-order valence-electron chi connectivity index (χ2n) is 6.90. The third kappa shape index (κ3) is 4.69. The highest BCUT2D eigenvalue weighted by molar-refractivity contribution is 6.07. The summed E-state index contributed by atoms with van der Waals surface area (Å²) in [6, 6.07) is -0.361. The number of hydrogen-bond donors (Lipinski definition) is 2. The van der Waals surface area contributed by atoms with Crippen molar-refractivity contribution in [3.05, 3.63) is 0 Å². The third-order valence-corrected chi connectivity index (χ3v) is 4.61. The normalized spacial score (nSPS) is 19.9. The van der Waals surface area contributed by atoms with Crippen LogP contribution < -0.4 is 10.6 Å². The fourth-order valence-electron chi connectivity index (χ4n) is 3.29. The Kier molecular flexibility index (Phi) is 6.60. The standard InChI is InChI=1S/C17H29N3O4/c1-13(2)24-12-6-10-18-14(21)7-11-20-15(22)17(19-16(20)23)8-4-3-5-9-17/h13H,3-12H2,1-2H3,(H,18,21)(H,19,23). The molecule has 2 fully saturated rings. The molecule has 1 aliphatic carbocycles. The highest BCUT2D eigenvalue weighted by Crippen LogP contribution is 2.33. The van der Waals surface area contributed by atoms with Crippen molar-refractivity contribution in [3.63, 3.8) is 0 Å². The minimum Gasteiger partial charge on any atom is -0.379 e. The summed E-state index contributed by atoms with van der Waals surface area (Å²) >= 11 is 0. The van der Waals surface area contributed by atoms with E-state index in [9.17, 15) is 14.4 Å². The van der Waals surface area contributed by atoms with Gasteiger partial charge in [0.15, 0.2) is 0 Å². The molecule has 0 bridgehead atoms. The van der Waals surface area contributed by atoms with Crippen molar-refractivity contribution < 1.29 is 19.1 Å². The molecule has 1 aliphatic heterocycles. The van der Waals surface area contributed by atoms with Gasteiger partial charge in [0.2, 0.25) is 5.91 Å². The van der Waals surface area contributed by atoms with Crippen LogP contribution in [0.15, 0.2) is 0 Å². The van der Waals surface area contributed by atoms with E-state index < -0.39 is 5.54 Å². The first kappa shape index (κ1) is 18.7. The molecule has 0 aromatic rings. The smallest absolute Gasteiger partial charge is 0.325 e. The van der Waals surface area contributed by atoms with Gasteiger partial charge in [0, 0.05) is 26.1 Å². The Balaban J connectivity index is 1.70. The second kappa shape index (κ2) is 8.46. The predicted octanol–water partition coefficient (Wildman–Crippen LogP) is 1.56. The molecule has 7 nitrogen and oxygen atoms in total.